The summed E-state index contributed by atoms with van der Waals surface area (Å²) < 4.78 is 0. The van der Waals surface area contributed by atoms with Gasteiger partial charge in [0.1, 0.15) is 5.75 Å². The van der Waals surface area contributed by atoms with Crippen molar-refractivity contribution >= 4 is 12.4 Å². The van der Waals surface area contributed by atoms with Crippen LogP contribution in [0, 0.1) is 6.92 Å². The Hall–Kier alpha value is -1.57. The fourth-order valence-corrected chi connectivity index (χ4v) is 1.16. The molecule has 1 rings (SSSR count). The Kier molecular flexibility index (Phi) is 2.85. The standard InChI is InChI=1S/C11H12O2/c1-3-4-9-6-11(13)8(2)5-10(9)7-12/h3-7,13H,1-2H3/b4-3+. The largest absolute Gasteiger partial charge is 0.508 e. The molecule has 0 aliphatic rings. The molecule has 0 saturated heterocycles. The fraction of sp³-hybridized carbons (Fsp3) is 0.182. The maximum absolute atomic E-state index is 10.7. The number of rotatable bonds is 2. The number of allylic oxidation sites excluding steroid dienone is 1. The quantitative estimate of drug-likeness (QED) is 0.703. The monoisotopic (exact) mass is 176 g/mol. The number of benzene rings is 1. The zero-order chi connectivity index (χ0) is 9.84. The van der Waals surface area contributed by atoms with E-state index in [2.05, 4.69) is 0 Å². The van der Waals surface area contributed by atoms with E-state index in [-0.39, 0.29) is 5.75 Å². The zero-order valence-electron chi connectivity index (χ0n) is 7.74. The van der Waals surface area contributed by atoms with Crippen LogP contribution >= 0.6 is 0 Å². The fourth-order valence-electron chi connectivity index (χ4n) is 1.16. The molecule has 13 heavy (non-hydrogen) atoms. The number of carbonyl (C=O) groups is 1. The summed E-state index contributed by atoms with van der Waals surface area (Å²) in [6.07, 6.45) is 4.42. The Morgan fingerprint density at radius 1 is 1.31 bits per heavy atom. The Morgan fingerprint density at radius 3 is 2.54 bits per heavy atom. The lowest BCUT2D eigenvalue weighted by atomic mass is 10.0. The van der Waals surface area contributed by atoms with E-state index in [4.69, 9.17) is 0 Å². The molecule has 0 aliphatic heterocycles. The van der Waals surface area contributed by atoms with E-state index >= 15 is 0 Å². The predicted octanol–water partition coefficient (Wildman–Crippen LogP) is 2.55. The molecule has 0 unspecified atom stereocenters. The van der Waals surface area contributed by atoms with Crippen LogP contribution < -0.4 is 0 Å². The highest BCUT2D eigenvalue weighted by Gasteiger charge is 2.02. The van der Waals surface area contributed by atoms with Gasteiger partial charge in [0.2, 0.25) is 0 Å². The van der Waals surface area contributed by atoms with Crippen molar-refractivity contribution in [2.24, 2.45) is 0 Å². The summed E-state index contributed by atoms with van der Waals surface area (Å²) >= 11 is 0. The van der Waals surface area contributed by atoms with Gasteiger partial charge in [-0.3, -0.25) is 4.79 Å². The predicted molar refractivity (Wildman–Crippen MR) is 52.9 cm³/mol. The summed E-state index contributed by atoms with van der Waals surface area (Å²) in [5.74, 6) is 0.221. The van der Waals surface area contributed by atoms with Crippen molar-refractivity contribution < 1.29 is 9.90 Å². The second kappa shape index (κ2) is 3.90. The van der Waals surface area contributed by atoms with Crippen molar-refractivity contribution in [2.75, 3.05) is 0 Å². The summed E-state index contributed by atoms with van der Waals surface area (Å²) in [5.41, 5.74) is 2.07. The van der Waals surface area contributed by atoms with Gasteiger partial charge in [-0.25, -0.2) is 0 Å². The van der Waals surface area contributed by atoms with Crippen LogP contribution in [-0.4, -0.2) is 11.4 Å². The molecule has 0 aromatic heterocycles. The van der Waals surface area contributed by atoms with Gasteiger partial charge in [0.25, 0.3) is 0 Å². The van der Waals surface area contributed by atoms with Gasteiger partial charge in [-0.2, -0.15) is 0 Å². The van der Waals surface area contributed by atoms with Gasteiger partial charge < -0.3 is 5.11 Å². The van der Waals surface area contributed by atoms with Gasteiger partial charge in [0, 0.05) is 5.56 Å². The molecule has 0 heterocycles. The van der Waals surface area contributed by atoms with Gasteiger partial charge in [-0.15, -0.1) is 0 Å². The van der Waals surface area contributed by atoms with Crippen LogP contribution in [0.3, 0.4) is 0 Å². The number of aldehydes is 1. The van der Waals surface area contributed by atoms with Crippen molar-refractivity contribution in [1.29, 1.82) is 0 Å². The van der Waals surface area contributed by atoms with Gasteiger partial charge in [-0.1, -0.05) is 12.2 Å². The number of aryl methyl sites for hydroxylation is 1. The number of aromatic hydroxyl groups is 1. The molecule has 0 saturated carbocycles. The lowest BCUT2D eigenvalue weighted by Crippen LogP contribution is -1.88. The number of phenolic OH excluding ortho intramolecular Hbond substituents is 1. The summed E-state index contributed by atoms with van der Waals surface area (Å²) in [7, 11) is 0. The molecule has 2 heteroatoms. The van der Waals surface area contributed by atoms with Crippen LogP contribution in [0.2, 0.25) is 0 Å². The Labute approximate surface area is 77.5 Å². The van der Waals surface area contributed by atoms with Crippen molar-refractivity contribution in [1.82, 2.24) is 0 Å². The molecule has 0 atom stereocenters. The van der Waals surface area contributed by atoms with Crippen molar-refractivity contribution in [3.63, 3.8) is 0 Å². The minimum atomic E-state index is 0.221. The molecular weight excluding hydrogens is 164 g/mol. The van der Waals surface area contributed by atoms with Crippen LogP contribution in [0.5, 0.6) is 5.75 Å². The molecule has 1 aromatic rings. The van der Waals surface area contributed by atoms with Crippen LogP contribution in [-0.2, 0) is 0 Å². The van der Waals surface area contributed by atoms with Crippen molar-refractivity contribution in [3.05, 3.63) is 34.9 Å². The average Bonchev–Trinajstić information content (AvgIpc) is 2.11. The minimum absolute atomic E-state index is 0.221. The number of hydrogen-bond acceptors (Lipinski definition) is 2. The SMILES string of the molecule is C/C=C/c1cc(O)c(C)cc1C=O. The molecule has 2 nitrogen and oxygen atoms in total. The summed E-state index contributed by atoms with van der Waals surface area (Å²) in [6.45, 7) is 3.63. The van der Waals surface area contributed by atoms with Crippen LogP contribution in [0.4, 0.5) is 0 Å². The third-order valence-electron chi connectivity index (χ3n) is 1.87. The van der Waals surface area contributed by atoms with E-state index in [0.29, 0.717) is 5.56 Å². The molecule has 1 aromatic carbocycles. The molecule has 0 spiro atoms. The molecule has 0 fully saturated rings. The maximum atomic E-state index is 10.7. The topological polar surface area (TPSA) is 37.3 Å². The molecule has 0 amide bonds. The van der Waals surface area contributed by atoms with Gasteiger partial charge in [0.05, 0.1) is 0 Å². The third kappa shape index (κ3) is 1.96. The summed E-state index contributed by atoms with van der Waals surface area (Å²) in [4.78, 5) is 10.7. The number of carbonyl (C=O) groups excluding carboxylic acids is 1. The number of hydrogen-bond donors (Lipinski definition) is 1. The minimum Gasteiger partial charge on any atom is -0.508 e. The Morgan fingerprint density at radius 2 is 2.00 bits per heavy atom. The molecular formula is C11H12O2. The van der Waals surface area contributed by atoms with Gasteiger partial charge >= 0.3 is 0 Å². The highest BCUT2D eigenvalue weighted by Crippen LogP contribution is 2.21. The third-order valence-corrected chi connectivity index (χ3v) is 1.87. The molecule has 1 N–H and O–H groups in total. The Bertz CT molecular complexity index is 351. The van der Waals surface area contributed by atoms with E-state index in [1.807, 2.05) is 13.0 Å². The second-order valence-corrected chi connectivity index (χ2v) is 2.89. The average molecular weight is 176 g/mol. The van der Waals surface area contributed by atoms with E-state index in [1.54, 1.807) is 25.1 Å². The molecule has 0 aliphatic carbocycles. The lowest BCUT2D eigenvalue weighted by Gasteiger charge is -2.03. The molecule has 0 bridgehead atoms. The van der Waals surface area contributed by atoms with Crippen LogP contribution in [0.25, 0.3) is 6.08 Å². The first-order chi connectivity index (χ1) is 6.19. The van der Waals surface area contributed by atoms with Crippen LogP contribution in [0.15, 0.2) is 18.2 Å². The highest BCUT2D eigenvalue weighted by atomic mass is 16.3. The summed E-state index contributed by atoms with van der Waals surface area (Å²) in [6, 6.07) is 3.27. The van der Waals surface area contributed by atoms with E-state index < -0.39 is 0 Å². The van der Waals surface area contributed by atoms with Gasteiger partial charge in [0.15, 0.2) is 6.29 Å². The zero-order valence-corrected chi connectivity index (χ0v) is 7.74. The second-order valence-electron chi connectivity index (χ2n) is 2.89. The summed E-state index contributed by atoms with van der Waals surface area (Å²) in [5, 5.41) is 9.40. The van der Waals surface area contributed by atoms with Gasteiger partial charge in [-0.05, 0) is 37.1 Å². The first kappa shape index (κ1) is 9.52. The molecule has 0 radical (unpaired) electrons. The highest BCUT2D eigenvalue weighted by molar-refractivity contribution is 5.82. The molecule has 68 valence electrons. The van der Waals surface area contributed by atoms with Crippen molar-refractivity contribution in [3.8, 4) is 5.75 Å². The lowest BCUT2D eigenvalue weighted by molar-refractivity contribution is 0.112. The van der Waals surface area contributed by atoms with E-state index in [0.717, 1.165) is 17.4 Å². The maximum Gasteiger partial charge on any atom is 0.150 e. The van der Waals surface area contributed by atoms with E-state index in [1.165, 1.54) is 0 Å². The number of phenols is 1. The first-order valence-electron chi connectivity index (χ1n) is 4.10. The smallest absolute Gasteiger partial charge is 0.150 e. The first-order valence-corrected chi connectivity index (χ1v) is 4.10. The van der Waals surface area contributed by atoms with Crippen molar-refractivity contribution in [2.45, 2.75) is 13.8 Å². The van der Waals surface area contributed by atoms with E-state index in [9.17, 15) is 9.90 Å². The Balaban J connectivity index is 3.32. The van der Waals surface area contributed by atoms with Crippen LogP contribution in [0.1, 0.15) is 28.4 Å². The normalized spacial score (nSPS) is 10.6.